The molecule has 0 unspecified atom stereocenters. The van der Waals surface area contributed by atoms with Gasteiger partial charge in [-0.05, 0) is 36.4 Å². The Morgan fingerprint density at radius 1 is 0.947 bits per heavy atom. The first-order valence-electron chi connectivity index (χ1n) is 5.98. The summed E-state index contributed by atoms with van der Waals surface area (Å²) in [5.74, 6) is 2.45. The number of pyridine rings is 1. The molecule has 19 heavy (non-hydrogen) atoms. The van der Waals surface area contributed by atoms with Crippen molar-refractivity contribution in [2.75, 3.05) is 14.2 Å². The smallest absolute Gasteiger partial charge is 0.199 e. The summed E-state index contributed by atoms with van der Waals surface area (Å²) in [4.78, 5) is 4.47. The molecule has 2 aromatic heterocycles. The number of methoxy groups -OCH3 is 2. The number of hydrogen-bond acceptors (Lipinski definition) is 3. The maximum atomic E-state index is 5.39. The lowest BCUT2D eigenvalue weighted by molar-refractivity contribution is 0.393. The predicted molar refractivity (Wildman–Crippen MR) is 73.7 cm³/mol. The number of benzene rings is 1. The van der Waals surface area contributed by atoms with Gasteiger partial charge in [-0.2, -0.15) is 0 Å². The molecule has 0 amide bonds. The zero-order valence-corrected chi connectivity index (χ0v) is 10.8. The van der Waals surface area contributed by atoms with E-state index in [0.717, 1.165) is 28.5 Å². The highest BCUT2D eigenvalue weighted by Crippen LogP contribution is 2.26. The number of nitrogens with zero attached hydrogens (tertiary/aromatic N) is 2. The molecule has 0 N–H and O–H groups in total. The molecule has 96 valence electrons. The van der Waals surface area contributed by atoms with Crippen LogP contribution < -0.4 is 9.47 Å². The molecular formula is C15H14N2O2. The monoisotopic (exact) mass is 254 g/mol. The van der Waals surface area contributed by atoms with Crippen LogP contribution in [-0.2, 0) is 0 Å². The van der Waals surface area contributed by atoms with E-state index in [1.807, 2.05) is 53.1 Å². The Hall–Kier alpha value is -2.49. The summed E-state index contributed by atoms with van der Waals surface area (Å²) < 4.78 is 12.5. The minimum atomic E-state index is 0.765. The fraction of sp³-hybridized carbons (Fsp3) is 0.133. The van der Waals surface area contributed by atoms with Crippen LogP contribution in [-0.4, -0.2) is 23.6 Å². The number of aromatic nitrogens is 2. The molecule has 0 aliphatic rings. The van der Waals surface area contributed by atoms with E-state index in [2.05, 4.69) is 4.98 Å². The minimum Gasteiger partial charge on any atom is -0.497 e. The normalized spacial score (nSPS) is 10.6. The van der Waals surface area contributed by atoms with Gasteiger partial charge < -0.3 is 9.47 Å². The molecule has 3 aromatic rings. The van der Waals surface area contributed by atoms with Crippen LogP contribution in [0.3, 0.4) is 0 Å². The van der Waals surface area contributed by atoms with Crippen molar-refractivity contribution in [1.29, 1.82) is 0 Å². The molecular weight excluding hydrogens is 240 g/mol. The van der Waals surface area contributed by atoms with E-state index in [-0.39, 0.29) is 0 Å². The highest BCUT2D eigenvalue weighted by Gasteiger charge is 2.09. The van der Waals surface area contributed by atoms with Crippen LogP contribution in [0, 0.1) is 0 Å². The van der Waals surface area contributed by atoms with E-state index >= 15 is 0 Å². The molecule has 0 fully saturated rings. The Kier molecular flexibility index (Phi) is 2.83. The van der Waals surface area contributed by atoms with Crippen molar-refractivity contribution < 1.29 is 9.47 Å². The van der Waals surface area contributed by atoms with Crippen LogP contribution in [0.2, 0.25) is 0 Å². The summed E-state index contributed by atoms with van der Waals surface area (Å²) in [6.45, 7) is 0. The Bertz CT molecular complexity index is 702. The van der Waals surface area contributed by atoms with E-state index in [1.165, 1.54) is 0 Å². The molecule has 0 saturated heterocycles. The number of ether oxygens (including phenoxy) is 2. The highest BCUT2D eigenvalue weighted by atomic mass is 16.5. The van der Waals surface area contributed by atoms with Gasteiger partial charge in [0.2, 0.25) is 0 Å². The third-order valence-electron chi connectivity index (χ3n) is 3.07. The zero-order valence-electron chi connectivity index (χ0n) is 10.8. The van der Waals surface area contributed by atoms with Gasteiger partial charge in [0.05, 0.1) is 25.9 Å². The van der Waals surface area contributed by atoms with Crippen molar-refractivity contribution in [3.63, 3.8) is 0 Å². The summed E-state index contributed by atoms with van der Waals surface area (Å²) >= 11 is 0. The summed E-state index contributed by atoms with van der Waals surface area (Å²) in [6.07, 6.45) is 1.84. The standard InChI is InChI=1S/C15H14N2O2/c1-18-13-8-6-11(7-9-13)15-16-10-12-4-3-5-14(19-2)17(12)15/h3-10H,1-2H3. The molecule has 0 spiro atoms. The van der Waals surface area contributed by atoms with Gasteiger partial charge in [0, 0.05) is 5.56 Å². The lowest BCUT2D eigenvalue weighted by atomic mass is 10.2. The number of hydrogen-bond donors (Lipinski definition) is 0. The Morgan fingerprint density at radius 3 is 2.42 bits per heavy atom. The van der Waals surface area contributed by atoms with Crippen LogP contribution in [0.5, 0.6) is 11.6 Å². The van der Waals surface area contributed by atoms with Crippen molar-refractivity contribution in [2.45, 2.75) is 0 Å². The Morgan fingerprint density at radius 2 is 1.74 bits per heavy atom. The van der Waals surface area contributed by atoms with Crippen LogP contribution in [0.25, 0.3) is 16.9 Å². The second-order valence-electron chi connectivity index (χ2n) is 4.14. The first-order chi connectivity index (χ1) is 9.33. The van der Waals surface area contributed by atoms with Crippen molar-refractivity contribution in [1.82, 2.24) is 9.38 Å². The number of imidazole rings is 1. The van der Waals surface area contributed by atoms with Crippen molar-refractivity contribution in [2.24, 2.45) is 0 Å². The molecule has 2 heterocycles. The topological polar surface area (TPSA) is 35.8 Å². The lowest BCUT2D eigenvalue weighted by Gasteiger charge is -2.07. The second kappa shape index (κ2) is 4.65. The van der Waals surface area contributed by atoms with Gasteiger partial charge in [-0.25, -0.2) is 4.98 Å². The average molecular weight is 254 g/mol. The summed E-state index contributed by atoms with van der Waals surface area (Å²) in [7, 11) is 3.32. The second-order valence-corrected chi connectivity index (χ2v) is 4.14. The number of rotatable bonds is 3. The maximum absolute atomic E-state index is 5.39. The van der Waals surface area contributed by atoms with Gasteiger partial charge >= 0.3 is 0 Å². The first kappa shape index (κ1) is 11.6. The van der Waals surface area contributed by atoms with Crippen LogP contribution >= 0.6 is 0 Å². The largest absolute Gasteiger partial charge is 0.497 e. The molecule has 0 atom stereocenters. The van der Waals surface area contributed by atoms with Crippen molar-refractivity contribution in [3.8, 4) is 23.0 Å². The maximum Gasteiger partial charge on any atom is 0.199 e. The number of fused-ring (bicyclic) bond motifs is 1. The van der Waals surface area contributed by atoms with Gasteiger partial charge in [0.25, 0.3) is 0 Å². The molecule has 1 aromatic carbocycles. The summed E-state index contributed by atoms with van der Waals surface area (Å²) in [6, 6.07) is 13.7. The van der Waals surface area contributed by atoms with Gasteiger partial charge in [-0.3, -0.25) is 4.40 Å². The zero-order chi connectivity index (χ0) is 13.2. The third kappa shape index (κ3) is 1.91. The SMILES string of the molecule is COc1ccc(-c2ncc3cccc(OC)n23)cc1. The third-order valence-corrected chi connectivity index (χ3v) is 3.07. The first-order valence-corrected chi connectivity index (χ1v) is 5.98. The van der Waals surface area contributed by atoms with E-state index in [9.17, 15) is 0 Å². The lowest BCUT2D eigenvalue weighted by Crippen LogP contribution is -1.96. The van der Waals surface area contributed by atoms with E-state index in [0.29, 0.717) is 0 Å². The summed E-state index contributed by atoms with van der Waals surface area (Å²) in [5.41, 5.74) is 2.02. The average Bonchev–Trinajstić information content (AvgIpc) is 2.91. The van der Waals surface area contributed by atoms with Gasteiger partial charge in [-0.15, -0.1) is 0 Å². The Balaban J connectivity index is 2.18. The quantitative estimate of drug-likeness (QED) is 0.720. The highest BCUT2D eigenvalue weighted by molar-refractivity contribution is 5.64. The molecule has 4 heteroatoms. The van der Waals surface area contributed by atoms with E-state index in [4.69, 9.17) is 9.47 Å². The van der Waals surface area contributed by atoms with Gasteiger partial charge in [0.1, 0.15) is 11.6 Å². The summed E-state index contributed by atoms with van der Waals surface area (Å²) in [5, 5.41) is 0. The van der Waals surface area contributed by atoms with Crippen LogP contribution in [0.1, 0.15) is 0 Å². The predicted octanol–water partition coefficient (Wildman–Crippen LogP) is 3.02. The fourth-order valence-electron chi connectivity index (χ4n) is 2.12. The molecule has 3 rings (SSSR count). The van der Waals surface area contributed by atoms with Crippen LogP contribution in [0.4, 0.5) is 0 Å². The fourth-order valence-corrected chi connectivity index (χ4v) is 2.12. The molecule has 0 bridgehead atoms. The minimum absolute atomic E-state index is 0.765. The molecule has 0 saturated carbocycles. The molecule has 0 radical (unpaired) electrons. The molecule has 0 aliphatic carbocycles. The van der Waals surface area contributed by atoms with Gasteiger partial charge in [0.15, 0.2) is 5.88 Å². The van der Waals surface area contributed by atoms with Crippen LogP contribution in [0.15, 0.2) is 48.7 Å². The van der Waals surface area contributed by atoms with E-state index < -0.39 is 0 Å². The van der Waals surface area contributed by atoms with Crippen molar-refractivity contribution in [3.05, 3.63) is 48.7 Å². The Labute approximate surface area is 111 Å². The van der Waals surface area contributed by atoms with E-state index in [1.54, 1.807) is 14.2 Å². The van der Waals surface area contributed by atoms with Gasteiger partial charge in [-0.1, -0.05) is 6.07 Å². The molecule has 4 nitrogen and oxygen atoms in total. The van der Waals surface area contributed by atoms with Crippen molar-refractivity contribution >= 4 is 5.52 Å². The molecule has 0 aliphatic heterocycles.